The molecule has 2 amide bonds. The molecule has 0 fully saturated rings. The minimum atomic E-state index is -1.10. The van der Waals surface area contributed by atoms with Crippen LogP contribution in [0.4, 0.5) is 0 Å². The summed E-state index contributed by atoms with van der Waals surface area (Å²) in [5, 5.41) is 34.7. The monoisotopic (exact) mass is 984 g/mol. The summed E-state index contributed by atoms with van der Waals surface area (Å²) < 4.78 is 1.55. The summed E-state index contributed by atoms with van der Waals surface area (Å²) in [7, 11) is 8.65. The molecule has 0 aromatic rings. The lowest BCUT2D eigenvalue weighted by Crippen LogP contribution is -2.49. The van der Waals surface area contributed by atoms with Crippen LogP contribution in [-0.4, -0.2) is 195 Å². The van der Waals surface area contributed by atoms with E-state index >= 15 is 0 Å². The Kier molecular flexibility index (Phi) is 42.1. The van der Waals surface area contributed by atoms with Crippen LogP contribution in [0.1, 0.15) is 194 Å². The molecule has 0 aromatic carbocycles. The number of carboxylic acids is 3. The number of nitrogens with zero attached hydrogens (tertiary/aromatic N) is 5. The molecule has 0 bridgehead atoms. The molecule has 15 heteroatoms. The number of hydrogen-bond acceptors (Lipinski definition) is 8. The van der Waals surface area contributed by atoms with E-state index in [-0.39, 0.29) is 57.6 Å². The van der Waals surface area contributed by atoms with E-state index in [0.717, 1.165) is 48.0 Å². The molecule has 0 rings (SSSR count). The highest BCUT2D eigenvalue weighted by Gasteiger charge is 2.22. The number of carboxylic acid groups (broad SMARTS) is 3. The molecule has 0 spiro atoms. The molecule has 0 heterocycles. The van der Waals surface area contributed by atoms with Crippen molar-refractivity contribution < 1.29 is 48.3 Å². The third-order valence-corrected chi connectivity index (χ3v) is 13.6. The minimum absolute atomic E-state index is 0.112. The molecule has 0 saturated carbocycles. The van der Waals surface area contributed by atoms with Crippen LogP contribution in [0, 0.1) is 0 Å². The van der Waals surface area contributed by atoms with E-state index in [4.69, 9.17) is 0 Å². The van der Waals surface area contributed by atoms with Crippen molar-refractivity contribution in [1.82, 2.24) is 25.3 Å². The van der Waals surface area contributed by atoms with Gasteiger partial charge in [0.05, 0.1) is 100 Å². The van der Waals surface area contributed by atoms with Gasteiger partial charge in [-0.05, 0) is 25.7 Å². The quantitative estimate of drug-likeness (QED) is 0.0292. The normalized spacial score (nSPS) is 12.1. The summed E-state index contributed by atoms with van der Waals surface area (Å²) in [4.78, 5) is 65.8. The summed E-state index contributed by atoms with van der Waals surface area (Å²) in [5.41, 5.74) is 0. The van der Waals surface area contributed by atoms with E-state index in [0.29, 0.717) is 13.1 Å². The molecule has 0 radical (unpaired) electrons. The molecule has 406 valence electrons. The Hall–Kier alpha value is -2.85. The van der Waals surface area contributed by atoms with Crippen LogP contribution in [0.15, 0.2) is 0 Å². The average Bonchev–Trinajstić information content (AvgIpc) is 3.26. The highest BCUT2D eigenvalue weighted by molar-refractivity contribution is 5.79. The molecule has 0 aromatic heterocycles. The summed E-state index contributed by atoms with van der Waals surface area (Å²) in [5.74, 6) is -3.89. The maximum atomic E-state index is 13.0. The van der Waals surface area contributed by atoms with Gasteiger partial charge in [-0.3, -0.25) is 38.7 Å². The van der Waals surface area contributed by atoms with Gasteiger partial charge in [0.25, 0.3) is 0 Å². The van der Waals surface area contributed by atoms with E-state index in [1.54, 1.807) is 4.90 Å². The van der Waals surface area contributed by atoms with E-state index < -0.39 is 31.0 Å². The fraction of sp³-hybridized carbons (Fsp3) is 0.907. The van der Waals surface area contributed by atoms with Gasteiger partial charge in [0.1, 0.15) is 0 Å². The summed E-state index contributed by atoms with van der Waals surface area (Å²) in [6, 6.07) is 0. The van der Waals surface area contributed by atoms with Crippen molar-refractivity contribution in [3.63, 3.8) is 0 Å². The highest BCUT2D eigenvalue weighted by atomic mass is 16.4. The zero-order valence-electron chi connectivity index (χ0n) is 45.5. The van der Waals surface area contributed by atoms with Crippen molar-refractivity contribution in [2.45, 2.75) is 194 Å². The molecular weight excluding hydrogens is 875 g/mol. The van der Waals surface area contributed by atoms with Crippen LogP contribution in [0.5, 0.6) is 0 Å². The third-order valence-electron chi connectivity index (χ3n) is 13.6. The number of unbranched alkanes of at least 4 members (excludes halogenated alkanes) is 26. The molecule has 0 unspecified atom stereocenters. The number of likely N-dealkylation sites (N-methyl/N-ethyl adjacent to an activating group) is 2. The lowest BCUT2D eigenvalue weighted by atomic mass is 10.0. The van der Waals surface area contributed by atoms with Gasteiger partial charge in [-0.2, -0.15) is 0 Å². The highest BCUT2D eigenvalue weighted by Crippen LogP contribution is 2.15. The molecule has 0 saturated heterocycles. The SMILES string of the molecule is CCCCCCCCCCCCCCCC[N+](C)(C)CCNC(=O)CN(CCN(CCN(CC(=O)O)CC(=O)NCC[N+](C)(C)CCCCCCCCCCCCCCCC)CC(=O)O)CC(=O)O. The summed E-state index contributed by atoms with van der Waals surface area (Å²) >= 11 is 0. The zero-order valence-corrected chi connectivity index (χ0v) is 45.5. The minimum Gasteiger partial charge on any atom is -0.480 e. The van der Waals surface area contributed by atoms with Gasteiger partial charge in [0, 0.05) is 26.2 Å². The Labute approximate surface area is 422 Å². The smallest absolute Gasteiger partial charge is 0.317 e. The van der Waals surface area contributed by atoms with Crippen molar-refractivity contribution in [2.24, 2.45) is 0 Å². The fourth-order valence-electron chi connectivity index (χ4n) is 9.04. The van der Waals surface area contributed by atoms with Crippen LogP contribution in [0.2, 0.25) is 0 Å². The Morgan fingerprint density at radius 3 is 0.826 bits per heavy atom. The lowest BCUT2D eigenvalue weighted by Gasteiger charge is -2.30. The second-order valence-corrected chi connectivity index (χ2v) is 21.5. The molecule has 0 atom stereocenters. The number of carbonyl (C=O) groups is 5. The number of aliphatic carboxylic acids is 3. The lowest BCUT2D eigenvalue weighted by molar-refractivity contribution is -0.889. The molecule has 0 aliphatic rings. The second-order valence-electron chi connectivity index (χ2n) is 21.5. The molecule has 0 aliphatic heterocycles. The van der Waals surface area contributed by atoms with Gasteiger partial charge in [-0.1, -0.05) is 168 Å². The summed E-state index contributed by atoms with van der Waals surface area (Å²) in [6.45, 7) is 8.01. The maximum absolute atomic E-state index is 13.0. The molecule has 0 aliphatic carbocycles. The first-order chi connectivity index (χ1) is 33.0. The topological polar surface area (TPSA) is 180 Å². The van der Waals surface area contributed by atoms with Gasteiger partial charge in [0.2, 0.25) is 11.8 Å². The van der Waals surface area contributed by atoms with E-state index in [9.17, 15) is 39.3 Å². The van der Waals surface area contributed by atoms with Crippen molar-refractivity contribution in [3.05, 3.63) is 0 Å². The largest absolute Gasteiger partial charge is 0.480 e. The third kappa shape index (κ3) is 46.0. The van der Waals surface area contributed by atoms with Gasteiger partial charge in [0.15, 0.2) is 0 Å². The molecule has 15 nitrogen and oxygen atoms in total. The first kappa shape index (κ1) is 66.2. The van der Waals surface area contributed by atoms with Gasteiger partial charge in [-0.15, -0.1) is 0 Å². The van der Waals surface area contributed by atoms with E-state index in [1.807, 2.05) is 0 Å². The number of rotatable bonds is 52. The Balaban J connectivity index is 4.64. The standard InChI is InChI=1S/C54H107N7O8/c1-7-9-11-13-15-17-19-21-23-25-27-29-31-33-41-60(3,4)43-35-55-50(62)45-58(48-53(66)67)39-37-57(47-52(64)65)38-40-59(49-54(68)69)46-51(63)56-36-44-61(5,6)42-34-32-30-28-26-24-22-20-18-16-14-12-10-8-2/h7-49H2,1-6H3,(H3-2,55,56,62,63,64,65,66,67,68,69)/p+2. The first-order valence-electron chi connectivity index (χ1n) is 28.0. The predicted molar refractivity (Wildman–Crippen MR) is 283 cm³/mol. The first-order valence-corrected chi connectivity index (χ1v) is 28.0. The Morgan fingerprint density at radius 1 is 0.333 bits per heavy atom. The summed E-state index contributed by atoms with van der Waals surface area (Å²) in [6.07, 6.45) is 37.0. The number of amides is 2. The van der Waals surface area contributed by atoms with Gasteiger partial charge < -0.3 is 34.9 Å². The maximum Gasteiger partial charge on any atom is 0.317 e. The molecule has 5 N–H and O–H groups in total. The molecular formula is C54H109N7O8+2. The van der Waals surface area contributed by atoms with Crippen LogP contribution in [-0.2, 0) is 24.0 Å². The predicted octanol–water partition coefficient (Wildman–Crippen LogP) is 8.49. The van der Waals surface area contributed by atoms with Crippen molar-refractivity contribution in [2.75, 3.05) is 126 Å². The fourth-order valence-corrected chi connectivity index (χ4v) is 9.04. The Bertz CT molecular complexity index is 1220. The van der Waals surface area contributed by atoms with Crippen molar-refractivity contribution in [3.8, 4) is 0 Å². The van der Waals surface area contributed by atoms with Crippen LogP contribution in [0.3, 0.4) is 0 Å². The number of carbonyl (C=O) groups excluding carboxylic acids is 2. The van der Waals surface area contributed by atoms with Gasteiger partial charge >= 0.3 is 17.9 Å². The Morgan fingerprint density at radius 2 is 0.565 bits per heavy atom. The molecule has 69 heavy (non-hydrogen) atoms. The van der Waals surface area contributed by atoms with Gasteiger partial charge in [-0.25, -0.2) is 0 Å². The number of quaternary nitrogens is 2. The van der Waals surface area contributed by atoms with Crippen molar-refractivity contribution >= 4 is 29.7 Å². The van der Waals surface area contributed by atoms with E-state index in [2.05, 4.69) is 52.7 Å². The average molecular weight is 985 g/mol. The van der Waals surface area contributed by atoms with Crippen LogP contribution >= 0.6 is 0 Å². The number of nitrogens with one attached hydrogen (secondary N) is 2. The van der Waals surface area contributed by atoms with Crippen molar-refractivity contribution in [1.29, 1.82) is 0 Å². The van der Waals surface area contributed by atoms with E-state index in [1.165, 1.54) is 177 Å². The number of hydrogen-bond donors (Lipinski definition) is 5. The van der Waals surface area contributed by atoms with Crippen LogP contribution in [0.25, 0.3) is 0 Å². The van der Waals surface area contributed by atoms with Crippen LogP contribution < -0.4 is 10.6 Å². The second kappa shape index (κ2) is 43.9. The zero-order chi connectivity index (χ0) is 51.4.